The lowest BCUT2D eigenvalue weighted by Gasteiger charge is -2.31. The molecule has 2 aromatic rings. The second-order valence-corrected chi connectivity index (χ2v) is 5.98. The van der Waals surface area contributed by atoms with Crippen molar-refractivity contribution in [1.29, 1.82) is 0 Å². The molecule has 1 fully saturated rings. The molecule has 2 aromatic carbocycles. The van der Waals surface area contributed by atoms with Gasteiger partial charge in [-0.25, -0.2) is 4.39 Å². The molecule has 0 saturated carbocycles. The number of hydrogen-bond acceptors (Lipinski definition) is 3. The first-order valence-corrected chi connectivity index (χ1v) is 7.92. The normalized spacial score (nSPS) is 15.3. The molecule has 0 spiro atoms. The van der Waals surface area contributed by atoms with Crippen LogP contribution in [0.15, 0.2) is 48.5 Å². The molecule has 0 unspecified atom stereocenters. The molecule has 1 aliphatic heterocycles. The molecule has 124 valence electrons. The van der Waals surface area contributed by atoms with Crippen LogP contribution < -0.4 is 0 Å². The van der Waals surface area contributed by atoms with Gasteiger partial charge < -0.3 is 10.0 Å². The standard InChI is InChI=1S/C19H18FNO3/c20-16-5-1-15(2-6-16)19(24)21-11-9-14(10-12-21)18(23)13-3-7-17(22)8-4-13/h1-8,14,22H,9-12H2. The van der Waals surface area contributed by atoms with Gasteiger partial charge in [0, 0.05) is 30.1 Å². The Morgan fingerprint density at radius 3 is 2.04 bits per heavy atom. The number of rotatable bonds is 3. The Labute approximate surface area is 139 Å². The number of ketones is 1. The van der Waals surface area contributed by atoms with Gasteiger partial charge in [0.2, 0.25) is 0 Å². The summed E-state index contributed by atoms with van der Waals surface area (Å²) in [5.74, 6) is -0.447. The van der Waals surface area contributed by atoms with Crippen LogP contribution in [0.1, 0.15) is 33.6 Å². The highest BCUT2D eigenvalue weighted by atomic mass is 19.1. The van der Waals surface area contributed by atoms with Gasteiger partial charge in [0.1, 0.15) is 11.6 Å². The summed E-state index contributed by atoms with van der Waals surface area (Å²) in [5, 5.41) is 9.29. The van der Waals surface area contributed by atoms with Crippen molar-refractivity contribution in [3.63, 3.8) is 0 Å². The fraction of sp³-hybridized carbons (Fsp3) is 0.263. The maximum Gasteiger partial charge on any atom is 0.253 e. The topological polar surface area (TPSA) is 57.6 Å². The number of phenolic OH excluding ortho intramolecular Hbond substituents is 1. The van der Waals surface area contributed by atoms with E-state index < -0.39 is 0 Å². The van der Waals surface area contributed by atoms with E-state index >= 15 is 0 Å². The van der Waals surface area contributed by atoms with Gasteiger partial charge in [-0.3, -0.25) is 9.59 Å². The van der Waals surface area contributed by atoms with Crippen LogP contribution >= 0.6 is 0 Å². The predicted molar refractivity (Wildman–Crippen MR) is 87.5 cm³/mol. The Hall–Kier alpha value is -2.69. The monoisotopic (exact) mass is 327 g/mol. The first-order valence-electron chi connectivity index (χ1n) is 7.92. The number of halogens is 1. The zero-order valence-electron chi connectivity index (χ0n) is 13.1. The van der Waals surface area contributed by atoms with Crippen molar-refractivity contribution in [2.24, 2.45) is 5.92 Å². The van der Waals surface area contributed by atoms with Crippen LogP contribution in [0.4, 0.5) is 4.39 Å². The Balaban J connectivity index is 1.61. The molecular weight excluding hydrogens is 309 g/mol. The average Bonchev–Trinajstić information content (AvgIpc) is 2.62. The molecule has 1 aliphatic rings. The molecule has 3 rings (SSSR count). The summed E-state index contributed by atoms with van der Waals surface area (Å²) in [5.41, 5.74) is 1.04. The SMILES string of the molecule is O=C(c1ccc(O)cc1)C1CCN(C(=O)c2ccc(F)cc2)CC1. The summed E-state index contributed by atoms with van der Waals surface area (Å²) in [4.78, 5) is 26.6. The molecule has 24 heavy (non-hydrogen) atoms. The number of likely N-dealkylation sites (tertiary alicyclic amines) is 1. The minimum atomic E-state index is -0.371. The number of amides is 1. The van der Waals surface area contributed by atoms with Crippen LogP contribution in [0, 0.1) is 11.7 Å². The molecule has 0 atom stereocenters. The van der Waals surface area contributed by atoms with Crippen molar-refractivity contribution < 1.29 is 19.1 Å². The predicted octanol–water partition coefficient (Wildman–Crippen LogP) is 3.27. The molecular formula is C19H18FNO3. The highest BCUT2D eigenvalue weighted by molar-refractivity contribution is 5.98. The number of hydrogen-bond donors (Lipinski definition) is 1. The van der Waals surface area contributed by atoms with Gasteiger partial charge in [-0.15, -0.1) is 0 Å². The number of benzene rings is 2. The third kappa shape index (κ3) is 3.45. The van der Waals surface area contributed by atoms with E-state index in [4.69, 9.17) is 0 Å². The van der Waals surface area contributed by atoms with Crippen LogP contribution in [0.3, 0.4) is 0 Å². The van der Waals surface area contributed by atoms with E-state index in [-0.39, 0.29) is 29.2 Å². The highest BCUT2D eigenvalue weighted by Crippen LogP contribution is 2.24. The number of phenols is 1. The van der Waals surface area contributed by atoms with Gasteiger partial charge in [-0.1, -0.05) is 0 Å². The number of piperidine rings is 1. The van der Waals surface area contributed by atoms with Crippen LogP contribution in [0.2, 0.25) is 0 Å². The molecule has 0 aliphatic carbocycles. The molecule has 4 nitrogen and oxygen atoms in total. The smallest absolute Gasteiger partial charge is 0.253 e. The van der Waals surface area contributed by atoms with Crippen molar-refractivity contribution >= 4 is 11.7 Å². The second-order valence-electron chi connectivity index (χ2n) is 5.98. The number of aromatic hydroxyl groups is 1. The van der Waals surface area contributed by atoms with Crippen molar-refractivity contribution in [3.8, 4) is 5.75 Å². The molecule has 0 radical (unpaired) electrons. The maximum absolute atomic E-state index is 12.9. The average molecular weight is 327 g/mol. The maximum atomic E-state index is 12.9. The molecule has 1 N–H and O–H groups in total. The molecule has 1 amide bonds. The van der Waals surface area contributed by atoms with Gasteiger partial charge in [0.05, 0.1) is 0 Å². The Kier molecular flexibility index (Phi) is 4.60. The van der Waals surface area contributed by atoms with Crippen LogP contribution in [-0.4, -0.2) is 34.8 Å². The Morgan fingerprint density at radius 1 is 0.917 bits per heavy atom. The van der Waals surface area contributed by atoms with Crippen LogP contribution in [0.5, 0.6) is 5.75 Å². The first-order chi connectivity index (χ1) is 11.5. The first kappa shape index (κ1) is 16.2. The lowest BCUT2D eigenvalue weighted by molar-refractivity contribution is 0.0650. The Morgan fingerprint density at radius 2 is 1.46 bits per heavy atom. The number of nitrogens with zero attached hydrogens (tertiary/aromatic N) is 1. The summed E-state index contributed by atoms with van der Waals surface area (Å²) in [6.45, 7) is 1.01. The van der Waals surface area contributed by atoms with Crippen LogP contribution in [0.25, 0.3) is 0 Å². The highest BCUT2D eigenvalue weighted by Gasteiger charge is 2.28. The summed E-state index contributed by atoms with van der Waals surface area (Å²) in [6, 6.07) is 11.7. The zero-order chi connectivity index (χ0) is 17.1. The molecule has 5 heteroatoms. The molecule has 0 aromatic heterocycles. The lowest BCUT2D eigenvalue weighted by Crippen LogP contribution is -2.40. The number of Topliss-reactive ketones (excluding diaryl/α,β-unsaturated/α-hetero) is 1. The van der Waals surface area contributed by atoms with Crippen molar-refractivity contribution in [2.75, 3.05) is 13.1 Å². The van der Waals surface area contributed by atoms with E-state index in [1.807, 2.05) is 0 Å². The minimum absolute atomic E-state index is 0.0453. The fourth-order valence-electron chi connectivity index (χ4n) is 2.98. The van der Waals surface area contributed by atoms with Gasteiger partial charge >= 0.3 is 0 Å². The zero-order valence-corrected chi connectivity index (χ0v) is 13.1. The molecule has 1 saturated heterocycles. The number of carbonyl (C=O) groups is 2. The lowest BCUT2D eigenvalue weighted by atomic mass is 9.88. The molecule has 1 heterocycles. The van der Waals surface area contributed by atoms with E-state index in [2.05, 4.69) is 0 Å². The molecule has 0 bridgehead atoms. The van der Waals surface area contributed by atoms with E-state index in [0.717, 1.165) is 0 Å². The van der Waals surface area contributed by atoms with Gasteiger partial charge in [0.25, 0.3) is 5.91 Å². The van der Waals surface area contributed by atoms with Gasteiger partial charge in [-0.05, 0) is 61.4 Å². The van der Waals surface area contributed by atoms with Gasteiger partial charge in [0.15, 0.2) is 5.78 Å². The van der Waals surface area contributed by atoms with Crippen molar-refractivity contribution in [3.05, 3.63) is 65.5 Å². The van der Waals surface area contributed by atoms with Crippen molar-refractivity contribution in [1.82, 2.24) is 4.90 Å². The summed E-state index contributed by atoms with van der Waals surface area (Å²) >= 11 is 0. The second kappa shape index (κ2) is 6.83. The number of carbonyl (C=O) groups excluding carboxylic acids is 2. The quantitative estimate of drug-likeness (QED) is 0.880. The Bertz CT molecular complexity index is 667. The third-order valence-electron chi connectivity index (χ3n) is 4.40. The summed E-state index contributed by atoms with van der Waals surface area (Å²) in [6.07, 6.45) is 1.21. The summed E-state index contributed by atoms with van der Waals surface area (Å²) in [7, 11) is 0. The largest absolute Gasteiger partial charge is 0.508 e. The van der Waals surface area contributed by atoms with Gasteiger partial charge in [-0.2, -0.15) is 0 Å². The van der Waals surface area contributed by atoms with E-state index in [9.17, 15) is 19.1 Å². The van der Waals surface area contributed by atoms with Crippen molar-refractivity contribution in [2.45, 2.75) is 12.8 Å². The van der Waals surface area contributed by atoms with E-state index in [0.29, 0.717) is 37.1 Å². The third-order valence-corrected chi connectivity index (χ3v) is 4.40. The van der Waals surface area contributed by atoms with Crippen LogP contribution in [-0.2, 0) is 0 Å². The minimum Gasteiger partial charge on any atom is -0.508 e. The fourth-order valence-corrected chi connectivity index (χ4v) is 2.98. The van der Waals surface area contributed by atoms with E-state index in [1.54, 1.807) is 17.0 Å². The summed E-state index contributed by atoms with van der Waals surface area (Å²) < 4.78 is 12.9. The van der Waals surface area contributed by atoms with E-state index in [1.165, 1.54) is 36.4 Å².